The Morgan fingerprint density at radius 3 is 2.94 bits per heavy atom. The quantitative estimate of drug-likeness (QED) is 0.859. The highest BCUT2D eigenvalue weighted by Crippen LogP contribution is 2.29. The second-order valence-electron chi connectivity index (χ2n) is 3.76. The predicted molar refractivity (Wildman–Crippen MR) is 66.8 cm³/mol. The molecule has 1 aliphatic heterocycles. The molecule has 1 aromatic heterocycles. The fourth-order valence-electron chi connectivity index (χ4n) is 1.83. The van der Waals surface area contributed by atoms with E-state index in [0.29, 0.717) is 5.37 Å². The molecule has 2 aromatic rings. The lowest BCUT2D eigenvalue weighted by molar-refractivity contribution is 0.750. The van der Waals surface area contributed by atoms with Gasteiger partial charge in [-0.15, -0.1) is 11.8 Å². The van der Waals surface area contributed by atoms with Gasteiger partial charge in [0.05, 0.1) is 17.3 Å². The highest BCUT2D eigenvalue weighted by molar-refractivity contribution is 7.99. The molecule has 1 N–H and O–H groups in total. The van der Waals surface area contributed by atoms with Crippen LogP contribution in [0.1, 0.15) is 10.9 Å². The minimum Gasteiger partial charge on any atom is -0.301 e. The van der Waals surface area contributed by atoms with Gasteiger partial charge in [-0.3, -0.25) is 0 Å². The van der Waals surface area contributed by atoms with Gasteiger partial charge in [0.15, 0.2) is 0 Å². The Morgan fingerprint density at radius 1 is 1.31 bits per heavy atom. The van der Waals surface area contributed by atoms with E-state index in [1.807, 2.05) is 40.8 Å². The van der Waals surface area contributed by atoms with Gasteiger partial charge >= 0.3 is 0 Å². The SMILES string of the molecule is c1ccc(-n2cc(C3NCCS3)cn2)cc1. The molecular weight excluding hydrogens is 218 g/mol. The van der Waals surface area contributed by atoms with Gasteiger partial charge in [0.25, 0.3) is 0 Å². The number of nitrogens with one attached hydrogen (secondary N) is 1. The zero-order valence-corrected chi connectivity index (χ0v) is 9.65. The molecule has 16 heavy (non-hydrogen) atoms. The average Bonchev–Trinajstić information content (AvgIpc) is 3.01. The molecule has 0 bridgehead atoms. The Hall–Kier alpha value is -1.26. The maximum absolute atomic E-state index is 4.39. The van der Waals surface area contributed by atoms with Crippen LogP contribution in [0.15, 0.2) is 42.7 Å². The van der Waals surface area contributed by atoms with Gasteiger partial charge in [0.1, 0.15) is 0 Å². The highest BCUT2D eigenvalue weighted by Gasteiger charge is 2.18. The fourth-order valence-corrected chi connectivity index (χ4v) is 2.86. The summed E-state index contributed by atoms with van der Waals surface area (Å²) in [6.45, 7) is 1.09. The van der Waals surface area contributed by atoms with E-state index >= 15 is 0 Å². The van der Waals surface area contributed by atoms with Gasteiger partial charge in [-0.1, -0.05) is 18.2 Å². The van der Waals surface area contributed by atoms with Crippen molar-refractivity contribution in [3.05, 3.63) is 48.3 Å². The number of aromatic nitrogens is 2. The van der Waals surface area contributed by atoms with Crippen molar-refractivity contribution in [2.24, 2.45) is 0 Å². The Labute approximate surface area is 98.9 Å². The van der Waals surface area contributed by atoms with E-state index in [-0.39, 0.29) is 0 Å². The fraction of sp³-hybridized carbons (Fsp3) is 0.250. The topological polar surface area (TPSA) is 29.9 Å². The lowest BCUT2D eigenvalue weighted by Gasteiger charge is -2.05. The third-order valence-corrected chi connectivity index (χ3v) is 3.85. The van der Waals surface area contributed by atoms with Gasteiger partial charge in [-0.25, -0.2) is 4.68 Å². The summed E-state index contributed by atoms with van der Waals surface area (Å²) in [6, 6.07) is 10.2. The van der Waals surface area contributed by atoms with E-state index in [4.69, 9.17) is 0 Å². The molecule has 1 atom stereocenters. The molecule has 1 saturated heterocycles. The number of benzene rings is 1. The molecule has 1 unspecified atom stereocenters. The van der Waals surface area contributed by atoms with Crippen molar-refractivity contribution in [2.45, 2.75) is 5.37 Å². The summed E-state index contributed by atoms with van der Waals surface area (Å²) in [7, 11) is 0. The molecule has 0 aliphatic carbocycles. The van der Waals surface area contributed by atoms with E-state index in [9.17, 15) is 0 Å². The first-order chi connectivity index (χ1) is 7.93. The van der Waals surface area contributed by atoms with Gasteiger partial charge in [-0.2, -0.15) is 5.10 Å². The first-order valence-electron chi connectivity index (χ1n) is 5.38. The van der Waals surface area contributed by atoms with Crippen LogP contribution in [0.25, 0.3) is 5.69 Å². The van der Waals surface area contributed by atoms with E-state index in [1.54, 1.807) is 0 Å². The first-order valence-corrected chi connectivity index (χ1v) is 6.43. The molecule has 4 heteroatoms. The number of hydrogen-bond acceptors (Lipinski definition) is 3. The average molecular weight is 231 g/mol. The number of hydrogen-bond donors (Lipinski definition) is 1. The Balaban J connectivity index is 1.87. The first kappa shape index (κ1) is 9.93. The van der Waals surface area contributed by atoms with Crippen LogP contribution < -0.4 is 5.32 Å². The lowest BCUT2D eigenvalue weighted by Crippen LogP contribution is -2.11. The summed E-state index contributed by atoms with van der Waals surface area (Å²) >= 11 is 1.94. The summed E-state index contributed by atoms with van der Waals surface area (Å²) < 4.78 is 1.93. The van der Waals surface area contributed by atoms with Crippen LogP contribution in [0.2, 0.25) is 0 Å². The zero-order valence-electron chi connectivity index (χ0n) is 8.84. The van der Waals surface area contributed by atoms with Gasteiger partial charge < -0.3 is 5.32 Å². The van der Waals surface area contributed by atoms with Crippen LogP contribution in [-0.2, 0) is 0 Å². The third kappa shape index (κ3) is 1.86. The van der Waals surface area contributed by atoms with Crippen LogP contribution in [0.5, 0.6) is 0 Å². The summed E-state index contributed by atoms with van der Waals surface area (Å²) in [5, 5.41) is 8.26. The summed E-state index contributed by atoms with van der Waals surface area (Å²) in [4.78, 5) is 0. The minimum atomic E-state index is 0.414. The number of nitrogens with zero attached hydrogens (tertiary/aromatic N) is 2. The normalized spacial score (nSPS) is 20.1. The molecule has 82 valence electrons. The molecule has 0 saturated carbocycles. The Bertz CT molecular complexity index is 460. The predicted octanol–water partition coefficient (Wildman–Crippen LogP) is 2.21. The molecular formula is C12H13N3S. The van der Waals surface area contributed by atoms with E-state index in [1.165, 1.54) is 11.3 Å². The molecule has 0 radical (unpaired) electrons. The lowest BCUT2D eigenvalue weighted by atomic mass is 10.3. The molecule has 0 amide bonds. The summed E-state index contributed by atoms with van der Waals surface area (Å²) in [5.41, 5.74) is 2.36. The molecule has 1 aromatic carbocycles. The molecule has 1 fully saturated rings. The van der Waals surface area contributed by atoms with Gasteiger partial charge in [0, 0.05) is 24.1 Å². The summed E-state index contributed by atoms with van der Waals surface area (Å²) in [5.74, 6) is 1.18. The largest absolute Gasteiger partial charge is 0.301 e. The Morgan fingerprint density at radius 2 is 2.19 bits per heavy atom. The van der Waals surface area contributed by atoms with Crippen molar-refractivity contribution in [3.8, 4) is 5.69 Å². The second-order valence-corrected chi connectivity index (χ2v) is 4.97. The monoisotopic (exact) mass is 231 g/mol. The molecule has 2 heterocycles. The standard InChI is InChI=1S/C12H13N3S/c1-2-4-11(5-3-1)15-9-10(8-14-15)12-13-6-7-16-12/h1-5,8-9,12-13H,6-7H2. The van der Waals surface area contributed by atoms with Crippen molar-refractivity contribution >= 4 is 11.8 Å². The smallest absolute Gasteiger partial charge is 0.0820 e. The third-order valence-electron chi connectivity index (χ3n) is 2.64. The van der Waals surface area contributed by atoms with Crippen molar-refractivity contribution in [2.75, 3.05) is 12.3 Å². The maximum Gasteiger partial charge on any atom is 0.0820 e. The molecule has 1 aliphatic rings. The van der Waals surface area contributed by atoms with Crippen LogP contribution in [0, 0.1) is 0 Å². The number of para-hydroxylation sites is 1. The van der Waals surface area contributed by atoms with Gasteiger partial charge in [0.2, 0.25) is 0 Å². The number of thioether (sulfide) groups is 1. The van der Waals surface area contributed by atoms with Crippen LogP contribution in [0.3, 0.4) is 0 Å². The van der Waals surface area contributed by atoms with Crippen LogP contribution in [-0.4, -0.2) is 22.1 Å². The van der Waals surface area contributed by atoms with Crippen molar-refractivity contribution in [1.82, 2.24) is 15.1 Å². The van der Waals surface area contributed by atoms with Crippen LogP contribution in [0.4, 0.5) is 0 Å². The highest BCUT2D eigenvalue weighted by atomic mass is 32.2. The molecule has 3 rings (SSSR count). The Kier molecular flexibility index (Phi) is 2.68. The van der Waals surface area contributed by atoms with Crippen molar-refractivity contribution in [1.29, 1.82) is 0 Å². The van der Waals surface area contributed by atoms with E-state index < -0.39 is 0 Å². The summed E-state index contributed by atoms with van der Waals surface area (Å²) in [6.07, 6.45) is 4.05. The van der Waals surface area contributed by atoms with Gasteiger partial charge in [-0.05, 0) is 12.1 Å². The number of rotatable bonds is 2. The zero-order chi connectivity index (χ0) is 10.8. The van der Waals surface area contributed by atoms with Crippen molar-refractivity contribution < 1.29 is 0 Å². The van der Waals surface area contributed by atoms with E-state index in [2.05, 4.69) is 28.7 Å². The molecule has 3 nitrogen and oxygen atoms in total. The molecule has 0 spiro atoms. The van der Waals surface area contributed by atoms with Crippen LogP contribution >= 0.6 is 11.8 Å². The maximum atomic E-state index is 4.39. The minimum absolute atomic E-state index is 0.414. The van der Waals surface area contributed by atoms with E-state index in [0.717, 1.165) is 12.2 Å². The van der Waals surface area contributed by atoms with Crippen molar-refractivity contribution in [3.63, 3.8) is 0 Å². The second kappa shape index (κ2) is 4.31.